The molecule has 0 bridgehead atoms. The molecule has 0 aromatic carbocycles. The fourth-order valence-corrected chi connectivity index (χ4v) is 1.92. The predicted molar refractivity (Wildman–Crippen MR) is 59.3 cm³/mol. The first-order chi connectivity index (χ1) is 7.18. The average Bonchev–Trinajstić information content (AvgIpc) is 2.48. The Kier molecular flexibility index (Phi) is 3.29. The maximum Gasteiger partial charge on any atom is 0.0895 e. The lowest BCUT2D eigenvalue weighted by Crippen LogP contribution is -2.41. The van der Waals surface area contributed by atoms with E-state index in [1.807, 2.05) is 18.5 Å². The van der Waals surface area contributed by atoms with Gasteiger partial charge in [-0.15, -0.1) is 0 Å². The van der Waals surface area contributed by atoms with Crippen LogP contribution in [0.4, 0.5) is 0 Å². The molecular formula is C10H16ClN3O. The summed E-state index contributed by atoms with van der Waals surface area (Å²) in [5.41, 5.74) is 1.90. The van der Waals surface area contributed by atoms with Gasteiger partial charge in [0.25, 0.3) is 0 Å². The molecule has 1 saturated heterocycles. The Morgan fingerprint density at radius 1 is 1.60 bits per heavy atom. The Balaban J connectivity index is 2.06. The zero-order valence-electron chi connectivity index (χ0n) is 9.09. The third kappa shape index (κ3) is 2.33. The van der Waals surface area contributed by atoms with Crippen molar-refractivity contribution in [2.45, 2.75) is 26.5 Å². The number of aryl methyl sites for hydroxylation is 1. The first kappa shape index (κ1) is 10.9. The van der Waals surface area contributed by atoms with E-state index in [1.54, 1.807) is 0 Å². The summed E-state index contributed by atoms with van der Waals surface area (Å²) >= 11 is 6.08. The van der Waals surface area contributed by atoms with Crippen LogP contribution in [0.5, 0.6) is 0 Å². The molecule has 4 nitrogen and oxygen atoms in total. The molecule has 2 heterocycles. The number of ether oxygens (including phenoxy) is 1. The highest BCUT2D eigenvalue weighted by atomic mass is 35.5. The number of halogens is 1. The van der Waals surface area contributed by atoms with Gasteiger partial charge in [0.05, 0.1) is 35.7 Å². The van der Waals surface area contributed by atoms with Gasteiger partial charge in [-0.1, -0.05) is 11.6 Å². The van der Waals surface area contributed by atoms with Crippen molar-refractivity contribution >= 4 is 11.6 Å². The molecular weight excluding hydrogens is 214 g/mol. The van der Waals surface area contributed by atoms with Crippen LogP contribution < -0.4 is 5.32 Å². The quantitative estimate of drug-likeness (QED) is 0.827. The molecule has 15 heavy (non-hydrogen) atoms. The Labute approximate surface area is 94.6 Å². The van der Waals surface area contributed by atoms with Crippen molar-refractivity contribution in [3.63, 3.8) is 0 Å². The molecule has 1 aromatic heterocycles. The molecule has 1 aliphatic heterocycles. The Hall–Kier alpha value is -0.580. The van der Waals surface area contributed by atoms with Gasteiger partial charge in [0.15, 0.2) is 0 Å². The molecule has 5 heteroatoms. The van der Waals surface area contributed by atoms with Crippen molar-refractivity contribution in [3.05, 3.63) is 16.4 Å². The minimum Gasteiger partial charge on any atom is -0.374 e. The summed E-state index contributed by atoms with van der Waals surface area (Å²) in [6.07, 6.45) is 0.202. The molecule has 0 spiro atoms. The van der Waals surface area contributed by atoms with E-state index in [2.05, 4.69) is 10.4 Å². The smallest absolute Gasteiger partial charge is 0.0895 e. The van der Waals surface area contributed by atoms with Gasteiger partial charge >= 0.3 is 0 Å². The second-order valence-electron chi connectivity index (χ2n) is 3.86. The maximum absolute atomic E-state index is 6.08. The second kappa shape index (κ2) is 4.51. The minimum atomic E-state index is 0.202. The van der Waals surface area contributed by atoms with Crippen molar-refractivity contribution in [1.82, 2.24) is 15.1 Å². The van der Waals surface area contributed by atoms with Gasteiger partial charge in [0.2, 0.25) is 0 Å². The molecule has 1 aliphatic rings. The van der Waals surface area contributed by atoms with Crippen LogP contribution in [0.2, 0.25) is 5.02 Å². The van der Waals surface area contributed by atoms with Crippen LogP contribution in [-0.2, 0) is 11.3 Å². The standard InChI is InChI=1S/C10H16ClN3O/c1-7-10(11)8(2)14(13-7)6-9-5-12-3-4-15-9/h9,12H,3-6H2,1-2H3. The van der Waals surface area contributed by atoms with Crippen molar-refractivity contribution in [2.24, 2.45) is 0 Å². The van der Waals surface area contributed by atoms with Gasteiger partial charge < -0.3 is 10.1 Å². The van der Waals surface area contributed by atoms with Crippen LogP contribution in [-0.4, -0.2) is 35.6 Å². The topological polar surface area (TPSA) is 39.1 Å². The molecule has 84 valence electrons. The summed E-state index contributed by atoms with van der Waals surface area (Å²) in [4.78, 5) is 0. The highest BCUT2D eigenvalue weighted by molar-refractivity contribution is 6.31. The zero-order valence-corrected chi connectivity index (χ0v) is 9.84. The number of hydrogen-bond acceptors (Lipinski definition) is 3. The van der Waals surface area contributed by atoms with Gasteiger partial charge in [-0.3, -0.25) is 4.68 Å². The summed E-state index contributed by atoms with van der Waals surface area (Å²) < 4.78 is 7.55. The van der Waals surface area contributed by atoms with Crippen LogP contribution in [0.15, 0.2) is 0 Å². The third-order valence-corrected chi connectivity index (χ3v) is 3.22. The van der Waals surface area contributed by atoms with Crippen LogP contribution in [0.25, 0.3) is 0 Å². The number of aromatic nitrogens is 2. The van der Waals surface area contributed by atoms with E-state index in [-0.39, 0.29) is 6.10 Å². The molecule has 0 aliphatic carbocycles. The molecule has 1 unspecified atom stereocenters. The normalized spacial score (nSPS) is 21.9. The van der Waals surface area contributed by atoms with Gasteiger partial charge in [0.1, 0.15) is 0 Å². The van der Waals surface area contributed by atoms with Gasteiger partial charge in [-0.2, -0.15) is 5.10 Å². The number of morpholine rings is 1. The van der Waals surface area contributed by atoms with E-state index < -0.39 is 0 Å². The Morgan fingerprint density at radius 3 is 2.93 bits per heavy atom. The summed E-state index contributed by atoms with van der Waals surface area (Å²) in [6, 6.07) is 0. The Morgan fingerprint density at radius 2 is 2.40 bits per heavy atom. The minimum absolute atomic E-state index is 0.202. The van der Waals surface area contributed by atoms with Crippen LogP contribution in [0.3, 0.4) is 0 Å². The van der Waals surface area contributed by atoms with Crippen LogP contribution in [0.1, 0.15) is 11.4 Å². The number of rotatable bonds is 2. The molecule has 0 radical (unpaired) electrons. The molecule has 1 atom stereocenters. The molecule has 0 saturated carbocycles. The lowest BCUT2D eigenvalue weighted by atomic mass is 10.3. The first-order valence-corrected chi connectivity index (χ1v) is 5.58. The van der Waals surface area contributed by atoms with E-state index in [9.17, 15) is 0 Å². The van der Waals surface area contributed by atoms with E-state index in [0.717, 1.165) is 42.7 Å². The fraction of sp³-hybridized carbons (Fsp3) is 0.700. The first-order valence-electron chi connectivity index (χ1n) is 5.20. The number of nitrogens with one attached hydrogen (secondary N) is 1. The van der Waals surface area contributed by atoms with Crippen molar-refractivity contribution < 1.29 is 4.74 Å². The van der Waals surface area contributed by atoms with E-state index in [1.165, 1.54) is 0 Å². The molecule has 2 rings (SSSR count). The average molecular weight is 230 g/mol. The molecule has 1 fully saturated rings. The van der Waals surface area contributed by atoms with Crippen LogP contribution in [0, 0.1) is 13.8 Å². The summed E-state index contributed by atoms with van der Waals surface area (Å²) in [7, 11) is 0. The van der Waals surface area contributed by atoms with Gasteiger partial charge in [-0.05, 0) is 13.8 Å². The maximum atomic E-state index is 6.08. The second-order valence-corrected chi connectivity index (χ2v) is 4.24. The van der Waals surface area contributed by atoms with Crippen molar-refractivity contribution in [3.8, 4) is 0 Å². The van der Waals surface area contributed by atoms with Crippen molar-refractivity contribution in [2.75, 3.05) is 19.7 Å². The lowest BCUT2D eigenvalue weighted by Gasteiger charge is -2.23. The van der Waals surface area contributed by atoms with E-state index >= 15 is 0 Å². The van der Waals surface area contributed by atoms with E-state index in [4.69, 9.17) is 16.3 Å². The third-order valence-electron chi connectivity index (χ3n) is 2.67. The number of nitrogens with zero attached hydrogens (tertiary/aromatic N) is 2. The molecule has 1 aromatic rings. The number of hydrogen-bond donors (Lipinski definition) is 1. The molecule has 0 amide bonds. The van der Waals surface area contributed by atoms with Gasteiger partial charge in [0, 0.05) is 13.1 Å². The van der Waals surface area contributed by atoms with E-state index in [0.29, 0.717) is 0 Å². The summed E-state index contributed by atoms with van der Waals surface area (Å²) in [5.74, 6) is 0. The van der Waals surface area contributed by atoms with Gasteiger partial charge in [-0.25, -0.2) is 0 Å². The highest BCUT2D eigenvalue weighted by Crippen LogP contribution is 2.19. The van der Waals surface area contributed by atoms with Crippen molar-refractivity contribution in [1.29, 1.82) is 0 Å². The zero-order chi connectivity index (χ0) is 10.8. The summed E-state index contributed by atoms with van der Waals surface area (Å²) in [5, 5.41) is 8.44. The van der Waals surface area contributed by atoms with Crippen LogP contribution >= 0.6 is 11.6 Å². The molecule has 1 N–H and O–H groups in total. The lowest BCUT2D eigenvalue weighted by molar-refractivity contribution is 0.0157. The largest absolute Gasteiger partial charge is 0.374 e. The Bertz CT molecular complexity index is 345. The highest BCUT2D eigenvalue weighted by Gasteiger charge is 2.17. The monoisotopic (exact) mass is 229 g/mol. The fourth-order valence-electron chi connectivity index (χ4n) is 1.78. The summed E-state index contributed by atoms with van der Waals surface area (Å²) in [6.45, 7) is 7.28. The predicted octanol–water partition coefficient (Wildman–Crippen LogP) is 1.14. The SMILES string of the molecule is Cc1nn(CC2CNCCO2)c(C)c1Cl.